The Kier molecular flexibility index (Phi) is 2.99. The van der Waals surface area contributed by atoms with Gasteiger partial charge in [0.05, 0.1) is 7.11 Å². The van der Waals surface area contributed by atoms with Crippen LogP contribution in [0, 0.1) is 5.92 Å². The Morgan fingerprint density at radius 3 is 2.50 bits per heavy atom. The minimum Gasteiger partial charge on any atom is -0.497 e. The van der Waals surface area contributed by atoms with Crippen LogP contribution in [0.25, 0.3) is 0 Å². The van der Waals surface area contributed by atoms with Crippen molar-refractivity contribution in [2.75, 3.05) is 18.6 Å². The second-order valence-corrected chi connectivity index (χ2v) is 4.09. The Balaban J connectivity index is 2.13. The number of carbonyl (C=O) groups excluding carboxylic acids is 1. The number of benzene rings is 1. The fourth-order valence-corrected chi connectivity index (χ4v) is 1.64. The van der Waals surface area contributed by atoms with E-state index in [2.05, 4.69) is 0 Å². The maximum absolute atomic E-state index is 11.3. The van der Waals surface area contributed by atoms with Gasteiger partial charge in [0.2, 0.25) is 0 Å². The van der Waals surface area contributed by atoms with Crippen LogP contribution < -0.4 is 15.4 Å². The molecule has 2 rings (SSSR count). The van der Waals surface area contributed by atoms with Crippen molar-refractivity contribution >= 4 is 11.7 Å². The van der Waals surface area contributed by atoms with Gasteiger partial charge in [-0.2, -0.15) is 0 Å². The molecular weight excluding hydrogens is 204 g/mol. The highest BCUT2D eigenvalue weighted by Gasteiger charge is 2.26. The zero-order valence-corrected chi connectivity index (χ0v) is 9.35. The molecule has 86 valence electrons. The fourth-order valence-electron chi connectivity index (χ4n) is 1.64. The number of ether oxygens (including phenoxy) is 1. The molecule has 0 heterocycles. The Labute approximate surface area is 95.0 Å². The van der Waals surface area contributed by atoms with E-state index >= 15 is 0 Å². The Bertz CT molecular complexity index is 371. The summed E-state index contributed by atoms with van der Waals surface area (Å²) in [6.45, 7) is 0.724. The number of methoxy groups -OCH3 is 1. The zero-order chi connectivity index (χ0) is 11.5. The number of anilines is 1. The van der Waals surface area contributed by atoms with Crippen LogP contribution in [0.2, 0.25) is 0 Å². The van der Waals surface area contributed by atoms with E-state index in [1.165, 1.54) is 12.8 Å². The van der Waals surface area contributed by atoms with Crippen LogP contribution in [0.3, 0.4) is 0 Å². The van der Waals surface area contributed by atoms with Crippen molar-refractivity contribution < 1.29 is 9.53 Å². The molecule has 1 aliphatic carbocycles. The van der Waals surface area contributed by atoms with Crippen LogP contribution in [0.15, 0.2) is 24.3 Å². The quantitative estimate of drug-likeness (QED) is 0.843. The average Bonchev–Trinajstić information content (AvgIpc) is 3.09. The summed E-state index contributed by atoms with van der Waals surface area (Å²) in [7, 11) is 1.62. The summed E-state index contributed by atoms with van der Waals surface area (Å²) < 4.78 is 5.07. The molecule has 0 spiro atoms. The molecule has 0 atom stereocenters. The third-order valence-electron chi connectivity index (χ3n) is 2.79. The minimum atomic E-state index is -0.392. The van der Waals surface area contributed by atoms with Gasteiger partial charge in [0.25, 0.3) is 0 Å². The highest BCUT2D eigenvalue weighted by molar-refractivity contribution is 5.90. The maximum Gasteiger partial charge on any atom is 0.319 e. The number of urea groups is 1. The van der Waals surface area contributed by atoms with E-state index in [1.807, 2.05) is 24.3 Å². The zero-order valence-electron chi connectivity index (χ0n) is 9.35. The molecule has 16 heavy (non-hydrogen) atoms. The molecule has 4 nitrogen and oxygen atoms in total. The summed E-state index contributed by atoms with van der Waals surface area (Å²) in [4.78, 5) is 13.0. The van der Waals surface area contributed by atoms with E-state index in [0.717, 1.165) is 18.0 Å². The number of primary amides is 1. The van der Waals surface area contributed by atoms with Crippen LogP contribution in [0.5, 0.6) is 5.75 Å². The Morgan fingerprint density at radius 2 is 2.06 bits per heavy atom. The average molecular weight is 220 g/mol. The molecule has 0 bridgehead atoms. The lowest BCUT2D eigenvalue weighted by Crippen LogP contribution is -2.37. The normalized spacial score (nSPS) is 14.6. The molecule has 0 aromatic heterocycles. The summed E-state index contributed by atoms with van der Waals surface area (Å²) in [6, 6.07) is 6.98. The van der Waals surface area contributed by atoms with Crippen molar-refractivity contribution in [2.24, 2.45) is 11.7 Å². The smallest absolute Gasteiger partial charge is 0.319 e. The lowest BCUT2D eigenvalue weighted by Gasteiger charge is -2.20. The maximum atomic E-state index is 11.3. The largest absolute Gasteiger partial charge is 0.497 e. The van der Waals surface area contributed by atoms with E-state index < -0.39 is 6.03 Å². The second-order valence-electron chi connectivity index (χ2n) is 4.09. The van der Waals surface area contributed by atoms with E-state index in [1.54, 1.807) is 12.0 Å². The fraction of sp³-hybridized carbons (Fsp3) is 0.417. The molecule has 0 saturated heterocycles. The molecule has 1 aromatic rings. The van der Waals surface area contributed by atoms with Gasteiger partial charge in [-0.25, -0.2) is 4.79 Å². The molecule has 4 heteroatoms. The first kappa shape index (κ1) is 10.8. The molecule has 2 N–H and O–H groups in total. The van der Waals surface area contributed by atoms with Crippen molar-refractivity contribution in [1.29, 1.82) is 0 Å². The van der Waals surface area contributed by atoms with Crippen LogP contribution in [0.1, 0.15) is 12.8 Å². The van der Waals surface area contributed by atoms with Crippen LogP contribution in [-0.4, -0.2) is 19.7 Å². The van der Waals surface area contributed by atoms with E-state index in [4.69, 9.17) is 10.5 Å². The summed E-state index contributed by atoms with van der Waals surface area (Å²) in [6.07, 6.45) is 2.39. The molecule has 1 saturated carbocycles. The standard InChI is InChI=1S/C12H16N2O2/c1-16-11-6-4-10(5-7-11)14(12(13)15)8-9-2-3-9/h4-7,9H,2-3,8H2,1H3,(H2,13,15). The molecule has 0 unspecified atom stereocenters. The van der Waals surface area contributed by atoms with Crippen LogP contribution in [-0.2, 0) is 0 Å². The molecule has 2 amide bonds. The summed E-state index contributed by atoms with van der Waals surface area (Å²) in [5.74, 6) is 1.40. The predicted octanol–water partition coefficient (Wildman–Crippen LogP) is 1.99. The number of amides is 2. The SMILES string of the molecule is COc1ccc(N(CC2CC2)C(N)=O)cc1. The van der Waals surface area contributed by atoms with E-state index in [9.17, 15) is 4.79 Å². The summed E-state index contributed by atoms with van der Waals surface area (Å²) in [5.41, 5.74) is 6.20. The van der Waals surface area contributed by atoms with Gasteiger partial charge in [0, 0.05) is 12.2 Å². The number of carbonyl (C=O) groups is 1. The highest BCUT2D eigenvalue weighted by Crippen LogP contribution is 2.31. The Hall–Kier alpha value is -1.71. The molecule has 0 aliphatic heterocycles. The minimum absolute atomic E-state index is 0.392. The highest BCUT2D eigenvalue weighted by atomic mass is 16.5. The number of nitrogens with zero attached hydrogens (tertiary/aromatic N) is 1. The lowest BCUT2D eigenvalue weighted by atomic mass is 10.2. The van der Waals surface area contributed by atoms with Gasteiger partial charge >= 0.3 is 6.03 Å². The van der Waals surface area contributed by atoms with Crippen molar-refractivity contribution in [1.82, 2.24) is 0 Å². The van der Waals surface area contributed by atoms with E-state index in [0.29, 0.717) is 5.92 Å². The van der Waals surface area contributed by atoms with Crippen molar-refractivity contribution in [3.63, 3.8) is 0 Å². The number of rotatable bonds is 4. The van der Waals surface area contributed by atoms with Crippen LogP contribution >= 0.6 is 0 Å². The van der Waals surface area contributed by atoms with Gasteiger partial charge in [-0.3, -0.25) is 4.90 Å². The first-order chi connectivity index (χ1) is 7.70. The molecule has 1 fully saturated rings. The van der Waals surface area contributed by atoms with Gasteiger partial charge in [0.15, 0.2) is 0 Å². The van der Waals surface area contributed by atoms with Crippen molar-refractivity contribution in [3.05, 3.63) is 24.3 Å². The summed E-state index contributed by atoms with van der Waals surface area (Å²) >= 11 is 0. The van der Waals surface area contributed by atoms with Crippen molar-refractivity contribution in [3.8, 4) is 5.75 Å². The molecule has 1 aromatic carbocycles. The van der Waals surface area contributed by atoms with Gasteiger partial charge in [0.1, 0.15) is 5.75 Å². The second kappa shape index (κ2) is 4.43. The number of hydrogen-bond acceptors (Lipinski definition) is 2. The molecule has 0 radical (unpaired) electrons. The van der Waals surface area contributed by atoms with E-state index in [-0.39, 0.29) is 0 Å². The Morgan fingerprint density at radius 1 is 1.44 bits per heavy atom. The predicted molar refractivity (Wildman–Crippen MR) is 62.6 cm³/mol. The topological polar surface area (TPSA) is 55.6 Å². The lowest BCUT2D eigenvalue weighted by molar-refractivity contribution is 0.253. The van der Waals surface area contributed by atoms with Crippen LogP contribution in [0.4, 0.5) is 10.5 Å². The summed E-state index contributed by atoms with van der Waals surface area (Å²) in [5, 5.41) is 0. The van der Waals surface area contributed by atoms with Gasteiger partial charge in [-0.15, -0.1) is 0 Å². The van der Waals surface area contributed by atoms with Gasteiger partial charge in [-0.1, -0.05) is 0 Å². The monoisotopic (exact) mass is 220 g/mol. The number of nitrogens with two attached hydrogens (primary N) is 1. The van der Waals surface area contributed by atoms with Gasteiger partial charge < -0.3 is 10.5 Å². The van der Waals surface area contributed by atoms with Crippen molar-refractivity contribution in [2.45, 2.75) is 12.8 Å². The number of hydrogen-bond donors (Lipinski definition) is 1. The molecular formula is C12H16N2O2. The first-order valence-corrected chi connectivity index (χ1v) is 5.41. The molecule has 1 aliphatic rings. The van der Waals surface area contributed by atoms with Gasteiger partial charge in [-0.05, 0) is 43.0 Å². The third-order valence-corrected chi connectivity index (χ3v) is 2.79. The third kappa shape index (κ3) is 2.45. The first-order valence-electron chi connectivity index (χ1n) is 5.41.